The Morgan fingerprint density at radius 3 is 2.32 bits per heavy atom. The van der Waals surface area contributed by atoms with E-state index in [1.807, 2.05) is 27.7 Å². The van der Waals surface area contributed by atoms with Crippen molar-refractivity contribution in [2.75, 3.05) is 24.6 Å². The summed E-state index contributed by atoms with van der Waals surface area (Å²) in [5.41, 5.74) is -0.468. The number of carbonyl (C=O) groups is 1. The lowest BCUT2D eigenvalue weighted by atomic mass is 10.2. The zero-order chi connectivity index (χ0) is 16.7. The Balaban J connectivity index is 1.76. The number of rotatable bonds is 5. The van der Waals surface area contributed by atoms with Crippen LogP contribution in [0.3, 0.4) is 0 Å². The van der Waals surface area contributed by atoms with Crippen molar-refractivity contribution in [3.05, 3.63) is 0 Å². The molecule has 1 N–H and O–H groups in total. The van der Waals surface area contributed by atoms with Crippen molar-refractivity contribution in [2.45, 2.75) is 52.3 Å². The van der Waals surface area contributed by atoms with Crippen LogP contribution >= 0.6 is 0 Å². The maximum atomic E-state index is 12.0. The van der Waals surface area contributed by atoms with Crippen molar-refractivity contribution in [1.82, 2.24) is 10.2 Å². The highest BCUT2D eigenvalue weighted by atomic mass is 32.2. The summed E-state index contributed by atoms with van der Waals surface area (Å²) in [6.07, 6.45) is -0.250. The van der Waals surface area contributed by atoms with Crippen LogP contribution in [0.5, 0.6) is 0 Å². The molecule has 1 aliphatic heterocycles. The van der Waals surface area contributed by atoms with Crippen molar-refractivity contribution in [3.8, 4) is 0 Å². The number of amides is 1. The van der Waals surface area contributed by atoms with Gasteiger partial charge in [-0.25, -0.2) is 13.2 Å². The molecule has 3 atom stereocenters. The molecule has 3 unspecified atom stereocenters. The van der Waals surface area contributed by atoms with E-state index in [1.54, 1.807) is 11.8 Å². The van der Waals surface area contributed by atoms with Crippen molar-refractivity contribution < 1.29 is 17.9 Å². The lowest BCUT2D eigenvalue weighted by molar-refractivity contribution is 0.0269. The molecule has 128 valence electrons. The Kier molecular flexibility index (Phi) is 4.78. The smallest absolute Gasteiger partial charge is 0.410 e. The summed E-state index contributed by atoms with van der Waals surface area (Å²) in [4.78, 5) is 13.7. The van der Waals surface area contributed by atoms with E-state index in [4.69, 9.17) is 4.74 Å². The first kappa shape index (κ1) is 17.5. The van der Waals surface area contributed by atoms with E-state index in [2.05, 4.69) is 5.32 Å². The third kappa shape index (κ3) is 4.35. The van der Waals surface area contributed by atoms with Crippen molar-refractivity contribution in [2.24, 2.45) is 11.8 Å². The summed E-state index contributed by atoms with van der Waals surface area (Å²) in [5.74, 6) is 1.22. The number of sulfone groups is 1. The van der Waals surface area contributed by atoms with Gasteiger partial charge >= 0.3 is 6.09 Å². The van der Waals surface area contributed by atoms with Gasteiger partial charge in [0.25, 0.3) is 0 Å². The number of nitrogens with zero attached hydrogens (tertiary/aromatic N) is 1. The predicted octanol–water partition coefficient (Wildman–Crippen LogP) is 1.26. The highest BCUT2D eigenvalue weighted by Crippen LogP contribution is 2.46. The Bertz CT molecular complexity index is 514. The lowest BCUT2D eigenvalue weighted by Gasteiger charge is -2.26. The Labute approximate surface area is 133 Å². The van der Waals surface area contributed by atoms with E-state index < -0.39 is 15.4 Å². The van der Waals surface area contributed by atoms with E-state index in [-0.39, 0.29) is 23.6 Å². The third-order valence-corrected chi connectivity index (χ3v) is 6.15. The van der Waals surface area contributed by atoms with Gasteiger partial charge in [0.05, 0.1) is 5.75 Å². The number of hydrogen-bond donors (Lipinski definition) is 1. The summed E-state index contributed by atoms with van der Waals surface area (Å²) in [6.45, 7) is 10.6. The van der Waals surface area contributed by atoms with Crippen LogP contribution < -0.4 is 5.32 Å². The topological polar surface area (TPSA) is 75.7 Å². The van der Waals surface area contributed by atoms with E-state index in [9.17, 15) is 13.2 Å². The number of hydrogen-bond acceptors (Lipinski definition) is 5. The molecule has 0 aromatic heterocycles. The second-order valence-electron chi connectivity index (χ2n) is 7.51. The molecule has 0 aromatic carbocycles. The fourth-order valence-electron chi connectivity index (χ4n) is 3.12. The zero-order valence-electron chi connectivity index (χ0n) is 14.1. The van der Waals surface area contributed by atoms with E-state index >= 15 is 0 Å². The van der Waals surface area contributed by atoms with Crippen LogP contribution in [0, 0.1) is 11.8 Å². The molecule has 1 aliphatic carbocycles. The van der Waals surface area contributed by atoms with Crippen LogP contribution in [0.1, 0.15) is 34.6 Å². The second kappa shape index (κ2) is 6.00. The zero-order valence-corrected chi connectivity index (χ0v) is 14.9. The van der Waals surface area contributed by atoms with Crippen molar-refractivity contribution in [3.63, 3.8) is 0 Å². The molecule has 0 aromatic rings. The first-order valence-corrected chi connectivity index (χ1v) is 9.79. The minimum atomic E-state index is -2.95. The molecule has 0 bridgehead atoms. The van der Waals surface area contributed by atoms with Gasteiger partial charge in [-0.15, -0.1) is 0 Å². The first-order valence-electron chi connectivity index (χ1n) is 7.97. The highest BCUT2D eigenvalue weighted by molar-refractivity contribution is 7.91. The Morgan fingerprint density at radius 1 is 1.32 bits per heavy atom. The van der Waals surface area contributed by atoms with Gasteiger partial charge in [-0.05, 0) is 39.5 Å². The summed E-state index contributed by atoms with van der Waals surface area (Å²) in [7, 11) is -2.95. The van der Waals surface area contributed by atoms with Crippen LogP contribution in [0.15, 0.2) is 0 Å². The molecule has 2 aliphatic rings. The maximum absolute atomic E-state index is 12.0. The SMILES string of the molecule is CCS(=O)(=O)CC(C)NC1C2CN(C(=O)OC(C)(C)C)CC21. The molecular formula is C15H28N2O4S. The number of piperidine rings is 1. The number of likely N-dealkylation sites (tertiary alicyclic amines) is 1. The normalized spacial score (nSPS) is 29.1. The van der Waals surface area contributed by atoms with E-state index in [0.717, 1.165) is 0 Å². The standard InChI is InChI=1S/C15H28N2O4S/c1-6-22(19,20)9-10(2)16-13-11-7-17(8-12(11)13)14(18)21-15(3,4)5/h10-13,16H,6-9H2,1-5H3. The molecule has 2 fully saturated rings. The maximum Gasteiger partial charge on any atom is 0.410 e. The second-order valence-corrected chi connectivity index (χ2v) is 9.90. The molecule has 1 heterocycles. The molecule has 0 radical (unpaired) electrons. The van der Waals surface area contributed by atoms with Gasteiger partial charge in [-0.1, -0.05) is 6.92 Å². The summed E-state index contributed by atoms with van der Waals surface area (Å²) < 4.78 is 28.6. The number of nitrogens with one attached hydrogen (secondary N) is 1. The minimum absolute atomic E-state index is 0.0458. The number of ether oxygens (including phenoxy) is 1. The average molecular weight is 332 g/mol. The molecule has 6 nitrogen and oxygen atoms in total. The molecule has 2 rings (SSSR count). The van der Waals surface area contributed by atoms with Crippen molar-refractivity contribution >= 4 is 15.9 Å². The van der Waals surface area contributed by atoms with Gasteiger partial charge in [0, 0.05) is 30.9 Å². The summed E-state index contributed by atoms with van der Waals surface area (Å²) in [6, 6.07) is 0.288. The fourth-order valence-corrected chi connectivity index (χ4v) is 4.22. The summed E-state index contributed by atoms with van der Waals surface area (Å²) in [5, 5.41) is 3.40. The Morgan fingerprint density at radius 2 is 1.86 bits per heavy atom. The van der Waals surface area contributed by atoms with Gasteiger partial charge < -0.3 is 15.0 Å². The van der Waals surface area contributed by atoms with Gasteiger partial charge in [0.15, 0.2) is 9.84 Å². The third-order valence-electron chi connectivity index (χ3n) is 4.27. The predicted molar refractivity (Wildman–Crippen MR) is 85.5 cm³/mol. The van der Waals surface area contributed by atoms with Crippen molar-refractivity contribution in [1.29, 1.82) is 0 Å². The van der Waals surface area contributed by atoms with Crippen LogP contribution in [0.2, 0.25) is 0 Å². The highest BCUT2D eigenvalue weighted by Gasteiger charge is 2.57. The number of fused-ring (bicyclic) bond motifs is 1. The molecule has 1 amide bonds. The average Bonchev–Trinajstić information content (AvgIpc) is 2.82. The van der Waals surface area contributed by atoms with Gasteiger partial charge in [-0.2, -0.15) is 0 Å². The molecular weight excluding hydrogens is 304 g/mol. The summed E-state index contributed by atoms with van der Waals surface area (Å²) >= 11 is 0. The van der Waals surface area contributed by atoms with Gasteiger partial charge in [0.1, 0.15) is 5.60 Å². The molecule has 0 spiro atoms. The number of carbonyl (C=O) groups excluding carboxylic acids is 1. The van der Waals surface area contributed by atoms with Gasteiger partial charge in [-0.3, -0.25) is 0 Å². The van der Waals surface area contributed by atoms with Gasteiger partial charge in [0.2, 0.25) is 0 Å². The molecule has 1 saturated heterocycles. The Hall–Kier alpha value is -0.820. The van der Waals surface area contributed by atoms with Crippen LogP contribution in [-0.2, 0) is 14.6 Å². The largest absolute Gasteiger partial charge is 0.444 e. The fraction of sp³-hybridized carbons (Fsp3) is 0.933. The monoisotopic (exact) mass is 332 g/mol. The lowest BCUT2D eigenvalue weighted by Crippen LogP contribution is -2.42. The van der Waals surface area contributed by atoms with Crippen LogP contribution in [-0.4, -0.2) is 61.7 Å². The van der Waals surface area contributed by atoms with E-state index in [0.29, 0.717) is 31.0 Å². The first-order chi connectivity index (χ1) is 10.0. The quantitative estimate of drug-likeness (QED) is 0.820. The molecule has 22 heavy (non-hydrogen) atoms. The molecule has 7 heteroatoms. The van der Waals surface area contributed by atoms with Crippen LogP contribution in [0.4, 0.5) is 4.79 Å². The van der Waals surface area contributed by atoms with E-state index in [1.165, 1.54) is 0 Å². The minimum Gasteiger partial charge on any atom is -0.444 e. The van der Waals surface area contributed by atoms with Crippen LogP contribution in [0.25, 0.3) is 0 Å². The molecule has 1 saturated carbocycles.